The zero-order chi connectivity index (χ0) is 22.1. The molecule has 2 aromatic rings. The molecule has 5 rings (SSSR count). The van der Waals surface area contributed by atoms with Crippen LogP contribution in [-0.4, -0.2) is 50.5 Å². The second-order valence-electron chi connectivity index (χ2n) is 9.12. The van der Waals surface area contributed by atoms with Crippen LogP contribution in [0.5, 0.6) is 0 Å². The molecule has 1 saturated carbocycles. The van der Waals surface area contributed by atoms with Gasteiger partial charge in [0.05, 0.1) is 6.20 Å². The van der Waals surface area contributed by atoms with Crippen LogP contribution in [0.15, 0.2) is 35.5 Å². The molecule has 32 heavy (non-hydrogen) atoms. The smallest absolute Gasteiger partial charge is 0.317 e. The number of piperidine rings is 1. The maximum Gasteiger partial charge on any atom is 0.317 e. The van der Waals surface area contributed by atoms with Crippen molar-refractivity contribution in [1.82, 2.24) is 24.8 Å². The van der Waals surface area contributed by atoms with Crippen molar-refractivity contribution >= 4 is 17.6 Å². The first-order valence-corrected chi connectivity index (χ1v) is 11.4. The van der Waals surface area contributed by atoms with E-state index < -0.39 is 5.91 Å². The van der Waals surface area contributed by atoms with Crippen molar-refractivity contribution in [3.63, 3.8) is 0 Å². The number of hydrogen-bond acceptors (Lipinski definition) is 5. The number of nitrogens with zero attached hydrogens (tertiary/aromatic N) is 4. The van der Waals surface area contributed by atoms with Crippen LogP contribution >= 0.6 is 0 Å². The molecule has 9 nitrogen and oxygen atoms in total. The molecule has 168 valence electrons. The van der Waals surface area contributed by atoms with E-state index in [4.69, 9.17) is 0 Å². The Morgan fingerprint density at radius 2 is 1.88 bits per heavy atom. The van der Waals surface area contributed by atoms with Gasteiger partial charge < -0.3 is 20.1 Å². The van der Waals surface area contributed by atoms with Crippen LogP contribution in [0.1, 0.15) is 60.6 Å². The van der Waals surface area contributed by atoms with Gasteiger partial charge >= 0.3 is 6.03 Å². The van der Waals surface area contributed by atoms with Crippen molar-refractivity contribution < 1.29 is 9.59 Å². The maximum atomic E-state index is 13.1. The van der Waals surface area contributed by atoms with Crippen LogP contribution in [0.25, 0.3) is 0 Å². The highest BCUT2D eigenvalue weighted by Gasteiger charge is 2.37. The molecule has 2 aliphatic heterocycles. The summed E-state index contributed by atoms with van der Waals surface area (Å²) < 4.78 is 1.77. The van der Waals surface area contributed by atoms with E-state index in [-0.39, 0.29) is 40.8 Å². The lowest BCUT2D eigenvalue weighted by Gasteiger charge is -2.43. The molecule has 4 heterocycles. The largest absolute Gasteiger partial charge is 0.335 e. The molecule has 2 bridgehead atoms. The molecule has 9 heteroatoms. The zero-order valence-electron chi connectivity index (χ0n) is 18.0. The van der Waals surface area contributed by atoms with Crippen LogP contribution < -0.4 is 16.2 Å². The molecule has 1 aliphatic carbocycles. The molecule has 0 spiro atoms. The van der Waals surface area contributed by atoms with Gasteiger partial charge in [-0.05, 0) is 37.3 Å². The van der Waals surface area contributed by atoms with Crippen LogP contribution in [0.4, 0.5) is 10.5 Å². The number of fused-ring (bicyclic) bond motifs is 4. The SMILES string of the molecule is O=C(Nc1ccc2n(c1=O)C[C@@H]1C[C@@H]2CN(C(=O)NC2CCCCC2)C1)c1cnccn1. The molecule has 3 aliphatic rings. The third kappa shape index (κ3) is 4.11. The average Bonchev–Trinajstić information content (AvgIpc) is 2.82. The first kappa shape index (κ1) is 20.7. The van der Waals surface area contributed by atoms with Gasteiger partial charge in [0.2, 0.25) is 0 Å². The summed E-state index contributed by atoms with van der Waals surface area (Å²) in [5.41, 5.74) is 1.11. The molecule has 0 aromatic carbocycles. The Balaban J connectivity index is 1.30. The fourth-order valence-electron chi connectivity index (χ4n) is 5.32. The predicted molar refractivity (Wildman–Crippen MR) is 119 cm³/mol. The summed E-state index contributed by atoms with van der Waals surface area (Å²) in [6.45, 7) is 1.81. The minimum Gasteiger partial charge on any atom is -0.335 e. The number of pyridine rings is 1. The van der Waals surface area contributed by atoms with Gasteiger partial charge in [-0.25, -0.2) is 9.78 Å². The number of hydrogen-bond donors (Lipinski definition) is 2. The third-order valence-corrected chi connectivity index (χ3v) is 6.87. The van der Waals surface area contributed by atoms with Crippen molar-refractivity contribution in [2.24, 2.45) is 5.92 Å². The highest BCUT2D eigenvalue weighted by Crippen LogP contribution is 2.35. The average molecular weight is 437 g/mol. The lowest BCUT2D eigenvalue weighted by molar-refractivity contribution is 0.102. The molecule has 3 amide bonds. The van der Waals surface area contributed by atoms with Gasteiger partial charge in [-0.2, -0.15) is 0 Å². The van der Waals surface area contributed by atoms with Crippen molar-refractivity contribution in [2.45, 2.75) is 57.0 Å². The summed E-state index contributed by atoms with van der Waals surface area (Å²) in [6.07, 6.45) is 11.0. The Morgan fingerprint density at radius 3 is 2.66 bits per heavy atom. The minimum absolute atomic E-state index is 0.0234. The number of aromatic nitrogens is 3. The van der Waals surface area contributed by atoms with Gasteiger partial charge in [-0.15, -0.1) is 0 Å². The Morgan fingerprint density at radius 1 is 1.03 bits per heavy atom. The summed E-state index contributed by atoms with van der Waals surface area (Å²) in [7, 11) is 0. The van der Waals surface area contributed by atoms with Crippen LogP contribution in [0.3, 0.4) is 0 Å². The second-order valence-corrected chi connectivity index (χ2v) is 9.12. The zero-order valence-corrected chi connectivity index (χ0v) is 18.0. The minimum atomic E-state index is -0.461. The molecule has 2 atom stereocenters. The Hall–Kier alpha value is -3.23. The van der Waals surface area contributed by atoms with Gasteiger partial charge in [-0.1, -0.05) is 19.3 Å². The molecular formula is C23H28N6O3. The second kappa shape index (κ2) is 8.72. The van der Waals surface area contributed by atoms with Crippen molar-refractivity contribution in [3.8, 4) is 0 Å². The number of carbonyl (C=O) groups is 2. The summed E-state index contributed by atoms with van der Waals surface area (Å²) in [5, 5.41) is 5.88. The van der Waals surface area contributed by atoms with E-state index >= 15 is 0 Å². The third-order valence-electron chi connectivity index (χ3n) is 6.87. The van der Waals surface area contributed by atoms with E-state index in [9.17, 15) is 14.4 Å². The summed E-state index contributed by atoms with van der Waals surface area (Å²) in [4.78, 5) is 48.2. The van der Waals surface area contributed by atoms with Crippen LogP contribution in [0.2, 0.25) is 0 Å². The van der Waals surface area contributed by atoms with Gasteiger partial charge in [0.15, 0.2) is 0 Å². The van der Waals surface area contributed by atoms with Gasteiger partial charge in [-0.3, -0.25) is 14.6 Å². The van der Waals surface area contributed by atoms with Crippen molar-refractivity contribution in [3.05, 3.63) is 52.5 Å². The number of nitrogens with one attached hydrogen (secondary N) is 2. The van der Waals surface area contributed by atoms with Gasteiger partial charge in [0, 0.05) is 49.7 Å². The fraction of sp³-hybridized carbons (Fsp3) is 0.522. The Labute approximate surface area is 186 Å². The first-order chi connectivity index (χ1) is 15.6. The fourth-order valence-corrected chi connectivity index (χ4v) is 5.32. The highest BCUT2D eigenvalue weighted by molar-refractivity contribution is 6.02. The summed E-state index contributed by atoms with van der Waals surface area (Å²) >= 11 is 0. The predicted octanol–water partition coefficient (Wildman–Crippen LogP) is 2.35. The molecule has 2 N–H and O–H groups in total. The van der Waals surface area contributed by atoms with E-state index in [2.05, 4.69) is 20.6 Å². The van der Waals surface area contributed by atoms with Gasteiger partial charge in [0.1, 0.15) is 11.4 Å². The number of anilines is 1. The summed E-state index contributed by atoms with van der Waals surface area (Å²) in [5.74, 6) is -0.114. The number of amides is 3. The molecule has 2 aromatic heterocycles. The lowest BCUT2D eigenvalue weighted by Crippen LogP contribution is -2.53. The van der Waals surface area contributed by atoms with Gasteiger partial charge in [0.25, 0.3) is 11.5 Å². The number of urea groups is 1. The Kier molecular flexibility index (Phi) is 5.63. The molecule has 2 fully saturated rings. The number of rotatable bonds is 3. The quantitative estimate of drug-likeness (QED) is 0.768. The summed E-state index contributed by atoms with van der Waals surface area (Å²) in [6, 6.07) is 3.87. The molecule has 0 unspecified atom stereocenters. The van der Waals surface area contributed by atoms with E-state index in [0.717, 1.165) is 25.0 Å². The Bertz CT molecular complexity index is 1060. The molecule has 0 radical (unpaired) electrons. The maximum absolute atomic E-state index is 13.1. The van der Waals surface area contributed by atoms with E-state index in [1.54, 1.807) is 10.6 Å². The number of carbonyl (C=O) groups excluding carboxylic acids is 2. The van der Waals surface area contributed by atoms with E-state index in [0.29, 0.717) is 19.6 Å². The van der Waals surface area contributed by atoms with E-state index in [1.807, 2.05) is 11.0 Å². The molecular weight excluding hydrogens is 408 g/mol. The topological polar surface area (TPSA) is 109 Å². The number of likely N-dealkylation sites (tertiary alicyclic amines) is 1. The van der Waals surface area contributed by atoms with E-state index in [1.165, 1.54) is 37.9 Å². The normalized spacial score (nSPS) is 22.7. The standard InChI is InChI=1S/C23H28N6O3/c30-21(19-11-24-8-9-25-19)27-18-6-7-20-16-10-15(13-29(20)22(18)31)12-28(14-16)23(32)26-17-4-2-1-3-5-17/h6-9,11,15-17H,1-5,10,12-14H2,(H,26,32)(H,27,30)/t15-,16-/m1/s1. The lowest BCUT2D eigenvalue weighted by atomic mass is 9.83. The highest BCUT2D eigenvalue weighted by atomic mass is 16.2. The van der Waals surface area contributed by atoms with Crippen molar-refractivity contribution in [2.75, 3.05) is 18.4 Å². The first-order valence-electron chi connectivity index (χ1n) is 11.4. The van der Waals surface area contributed by atoms with Crippen LogP contribution in [0, 0.1) is 5.92 Å². The molecule has 1 saturated heterocycles. The van der Waals surface area contributed by atoms with Crippen molar-refractivity contribution in [1.29, 1.82) is 0 Å². The van der Waals surface area contributed by atoms with Crippen LogP contribution in [-0.2, 0) is 6.54 Å². The monoisotopic (exact) mass is 436 g/mol.